The summed E-state index contributed by atoms with van der Waals surface area (Å²) in [6.45, 7) is 7.49. The van der Waals surface area contributed by atoms with Gasteiger partial charge in [0.1, 0.15) is 12.5 Å². The monoisotopic (exact) mass is 748 g/mol. The number of fused-ring (bicyclic) bond motifs is 4. The zero-order valence-electron chi connectivity index (χ0n) is 33.0. The Balaban J connectivity index is 1.22. The first-order valence-corrected chi connectivity index (χ1v) is 20.1. The third-order valence-corrected chi connectivity index (χ3v) is 11.4. The second-order valence-corrected chi connectivity index (χ2v) is 16.1. The van der Waals surface area contributed by atoms with Crippen LogP contribution in [0.15, 0.2) is 200 Å². The molecule has 0 bridgehead atoms. The number of hydrogen-bond donors (Lipinski definition) is 0. The highest BCUT2D eigenvalue weighted by molar-refractivity contribution is 6.12. The second kappa shape index (κ2) is 14.4. The first kappa shape index (κ1) is 35.3. The Kier molecular flexibility index (Phi) is 8.75. The van der Waals surface area contributed by atoms with Gasteiger partial charge in [0.2, 0.25) is 0 Å². The van der Waals surface area contributed by atoms with E-state index in [4.69, 9.17) is 4.98 Å². The lowest BCUT2D eigenvalue weighted by Gasteiger charge is -2.24. The summed E-state index contributed by atoms with van der Waals surface area (Å²) in [6, 6.07) is 70.3. The largest absolute Gasteiger partial charge is 0.321 e. The molecule has 0 N–H and O–H groups in total. The molecular weight excluding hydrogens is 705 g/mol. The highest BCUT2D eigenvalue weighted by Gasteiger charge is 2.28. The molecule has 2 aromatic heterocycles. The van der Waals surface area contributed by atoms with Gasteiger partial charge in [-0.1, -0.05) is 154 Å². The summed E-state index contributed by atoms with van der Waals surface area (Å²) >= 11 is 0. The summed E-state index contributed by atoms with van der Waals surface area (Å²) in [5.74, 6) is 0.922. The number of pyridine rings is 1. The Morgan fingerprint density at radius 1 is 0.448 bits per heavy atom. The number of nitrogens with zero attached hydrogens (tertiary/aromatic N) is 4. The van der Waals surface area contributed by atoms with Crippen molar-refractivity contribution in [2.75, 3.05) is 16.5 Å². The van der Waals surface area contributed by atoms with Crippen LogP contribution in [0.1, 0.15) is 48.6 Å². The van der Waals surface area contributed by atoms with Crippen molar-refractivity contribution < 1.29 is 0 Å². The van der Waals surface area contributed by atoms with Crippen molar-refractivity contribution in [3.05, 3.63) is 228 Å². The lowest BCUT2D eigenvalue weighted by atomic mass is 9.85. The average Bonchev–Trinajstić information content (AvgIpc) is 3.82. The smallest absolute Gasteiger partial charge is 0.137 e. The Morgan fingerprint density at radius 3 is 1.67 bits per heavy atom. The number of anilines is 4. The average molecular weight is 749 g/mol. The number of hydrogen-bond acceptors (Lipinski definition) is 3. The fourth-order valence-corrected chi connectivity index (χ4v) is 8.59. The number of benzene rings is 7. The van der Waals surface area contributed by atoms with Gasteiger partial charge in [-0.05, 0) is 105 Å². The van der Waals surface area contributed by atoms with Crippen LogP contribution in [0.5, 0.6) is 0 Å². The van der Waals surface area contributed by atoms with Crippen molar-refractivity contribution in [2.45, 2.75) is 26.2 Å². The third kappa shape index (κ3) is 6.24. The molecular formula is C54H44N4. The van der Waals surface area contributed by atoms with Gasteiger partial charge in [0.15, 0.2) is 0 Å². The SMILES string of the molecule is CC(C)(C)c1ccnc(-n2c3ccccc3c3ccc(C(=C(c4ccccc4)c4ccccc4)c4cccc(N5CN(c6ccccc6)c6ccccc65)c4)cc32)c1. The minimum Gasteiger partial charge on any atom is -0.321 e. The molecule has 4 heteroatoms. The van der Waals surface area contributed by atoms with Gasteiger partial charge in [0.05, 0.1) is 22.4 Å². The van der Waals surface area contributed by atoms with Crippen molar-refractivity contribution in [1.29, 1.82) is 0 Å². The van der Waals surface area contributed by atoms with Gasteiger partial charge in [-0.2, -0.15) is 0 Å². The van der Waals surface area contributed by atoms with E-state index >= 15 is 0 Å². The molecule has 7 aromatic carbocycles. The Morgan fingerprint density at radius 2 is 0.983 bits per heavy atom. The molecule has 4 nitrogen and oxygen atoms in total. The summed E-state index contributed by atoms with van der Waals surface area (Å²) in [5, 5.41) is 2.41. The Labute approximate surface area is 340 Å². The first-order chi connectivity index (χ1) is 28.4. The molecule has 58 heavy (non-hydrogen) atoms. The molecule has 10 rings (SSSR count). The molecule has 0 saturated heterocycles. The topological polar surface area (TPSA) is 24.3 Å². The van der Waals surface area contributed by atoms with Gasteiger partial charge in [-0.3, -0.25) is 4.57 Å². The van der Waals surface area contributed by atoms with E-state index in [2.05, 4.69) is 229 Å². The summed E-state index contributed by atoms with van der Waals surface area (Å²) in [7, 11) is 0. The first-order valence-electron chi connectivity index (χ1n) is 20.1. The van der Waals surface area contributed by atoms with Crippen LogP contribution in [0.4, 0.5) is 22.7 Å². The number of para-hydroxylation sites is 4. The lowest BCUT2D eigenvalue weighted by molar-refractivity contribution is 0.588. The summed E-state index contributed by atoms with van der Waals surface area (Å²) in [5.41, 5.74) is 15.2. The van der Waals surface area contributed by atoms with Gasteiger partial charge < -0.3 is 9.80 Å². The maximum Gasteiger partial charge on any atom is 0.137 e. The minimum absolute atomic E-state index is 0.0171. The molecule has 0 radical (unpaired) electrons. The highest BCUT2D eigenvalue weighted by atomic mass is 15.4. The van der Waals surface area contributed by atoms with Crippen LogP contribution in [0.3, 0.4) is 0 Å². The van der Waals surface area contributed by atoms with E-state index in [1.165, 1.54) is 44.5 Å². The molecule has 1 aliphatic heterocycles. The van der Waals surface area contributed by atoms with Crippen molar-refractivity contribution in [3.63, 3.8) is 0 Å². The molecule has 9 aromatic rings. The van der Waals surface area contributed by atoms with Crippen LogP contribution in [-0.2, 0) is 5.41 Å². The normalized spacial score (nSPS) is 12.6. The molecule has 0 saturated carbocycles. The molecule has 0 aliphatic carbocycles. The van der Waals surface area contributed by atoms with Crippen LogP contribution in [-0.4, -0.2) is 16.2 Å². The van der Waals surface area contributed by atoms with E-state index in [1.54, 1.807) is 0 Å². The van der Waals surface area contributed by atoms with Gasteiger partial charge >= 0.3 is 0 Å². The van der Waals surface area contributed by atoms with Crippen LogP contribution >= 0.6 is 0 Å². The van der Waals surface area contributed by atoms with Crippen LogP contribution < -0.4 is 9.80 Å². The van der Waals surface area contributed by atoms with Crippen molar-refractivity contribution >= 4 is 55.7 Å². The zero-order chi connectivity index (χ0) is 39.2. The van der Waals surface area contributed by atoms with Crippen molar-refractivity contribution in [3.8, 4) is 5.82 Å². The third-order valence-electron chi connectivity index (χ3n) is 11.4. The Bertz CT molecular complexity index is 2910. The number of rotatable bonds is 7. The van der Waals surface area contributed by atoms with E-state index < -0.39 is 0 Å². The predicted molar refractivity (Wildman–Crippen MR) is 244 cm³/mol. The predicted octanol–water partition coefficient (Wildman–Crippen LogP) is 13.7. The van der Waals surface area contributed by atoms with Gasteiger partial charge in [-0.15, -0.1) is 0 Å². The molecule has 3 heterocycles. The zero-order valence-corrected chi connectivity index (χ0v) is 33.0. The standard InChI is InChI=1S/C54H44N4/c1-54(2,3)42-32-33-55-51(36-42)58-47-27-14-13-26-45(47)46-31-30-41(35-50(46)58)53(52(38-18-7-4-8-19-38)39-20-9-5-10-21-39)40-22-17-25-44(34-40)57-37-56(43-23-11-6-12-24-43)48-28-15-16-29-49(48)57/h4-36H,37H2,1-3H3. The number of aromatic nitrogens is 2. The van der Waals surface area contributed by atoms with E-state index in [9.17, 15) is 0 Å². The highest BCUT2D eigenvalue weighted by Crippen LogP contribution is 2.46. The second-order valence-electron chi connectivity index (χ2n) is 16.1. The van der Waals surface area contributed by atoms with Gasteiger partial charge in [0.25, 0.3) is 0 Å². The van der Waals surface area contributed by atoms with Gasteiger partial charge in [0, 0.05) is 28.3 Å². The molecule has 0 amide bonds. The summed E-state index contributed by atoms with van der Waals surface area (Å²) < 4.78 is 2.35. The van der Waals surface area contributed by atoms with Crippen molar-refractivity contribution in [1.82, 2.24) is 9.55 Å². The molecule has 1 aliphatic rings. The maximum absolute atomic E-state index is 5.00. The van der Waals surface area contributed by atoms with Crippen LogP contribution in [0, 0.1) is 0 Å². The quantitative estimate of drug-likeness (QED) is 0.152. The van der Waals surface area contributed by atoms with E-state index in [-0.39, 0.29) is 5.41 Å². The fraction of sp³-hybridized carbons (Fsp3) is 0.0926. The fourth-order valence-electron chi connectivity index (χ4n) is 8.59. The van der Waals surface area contributed by atoms with Crippen LogP contribution in [0.2, 0.25) is 0 Å². The molecule has 0 fully saturated rings. The molecule has 0 spiro atoms. The minimum atomic E-state index is -0.0171. The van der Waals surface area contributed by atoms with Crippen LogP contribution in [0.25, 0.3) is 38.8 Å². The lowest BCUT2D eigenvalue weighted by Crippen LogP contribution is -2.23. The van der Waals surface area contributed by atoms with E-state index in [0.717, 1.165) is 44.8 Å². The molecule has 0 unspecified atom stereocenters. The maximum atomic E-state index is 5.00. The van der Waals surface area contributed by atoms with Gasteiger partial charge in [-0.25, -0.2) is 4.98 Å². The van der Waals surface area contributed by atoms with E-state index in [1.807, 2.05) is 6.20 Å². The Hall–Kier alpha value is -7.17. The van der Waals surface area contributed by atoms with Crippen molar-refractivity contribution in [2.24, 2.45) is 0 Å². The summed E-state index contributed by atoms with van der Waals surface area (Å²) in [6.07, 6.45) is 1.95. The molecule has 280 valence electrons. The van der Waals surface area contributed by atoms with E-state index in [0.29, 0.717) is 6.67 Å². The molecule has 0 atom stereocenters. The summed E-state index contributed by atoms with van der Waals surface area (Å²) in [4.78, 5) is 9.83.